The highest BCUT2D eigenvalue weighted by molar-refractivity contribution is 7.11. The second-order valence-corrected chi connectivity index (χ2v) is 3.43. The van der Waals surface area contributed by atoms with Crippen molar-refractivity contribution in [2.75, 3.05) is 0 Å². The highest BCUT2D eigenvalue weighted by Crippen LogP contribution is 2.23. The Labute approximate surface area is 71.9 Å². The molecule has 0 saturated heterocycles. The Balaban J connectivity index is 3.05. The molecule has 0 radical (unpaired) electrons. The molecule has 1 aromatic rings. The number of allylic oxidation sites excluding steroid dienone is 2. The summed E-state index contributed by atoms with van der Waals surface area (Å²) < 4.78 is 0. The van der Waals surface area contributed by atoms with Crippen LogP contribution in [-0.4, -0.2) is 0 Å². The first-order valence-corrected chi connectivity index (χ1v) is 4.49. The molecule has 0 saturated carbocycles. The minimum absolute atomic E-state index is 1.14. The summed E-state index contributed by atoms with van der Waals surface area (Å²) in [6, 6.07) is 2.11. The van der Waals surface area contributed by atoms with Crippen LogP contribution in [0.15, 0.2) is 24.1 Å². The number of rotatable bonds is 2. The largest absolute Gasteiger partial charge is 0.144 e. The van der Waals surface area contributed by atoms with Gasteiger partial charge in [0.25, 0.3) is 0 Å². The molecule has 0 aliphatic carbocycles. The first kappa shape index (κ1) is 8.28. The fourth-order valence-electron chi connectivity index (χ4n) is 0.954. The zero-order valence-corrected chi connectivity index (χ0v) is 7.74. The van der Waals surface area contributed by atoms with Gasteiger partial charge in [-0.15, -0.1) is 11.3 Å². The van der Waals surface area contributed by atoms with Crippen molar-refractivity contribution in [3.8, 4) is 0 Å². The molecule has 1 aromatic heterocycles. The van der Waals surface area contributed by atoms with Crippen molar-refractivity contribution in [3.05, 3.63) is 34.5 Å². The van der Waals surface area contributed by atoms with Crippen LogP contribution >= 0.6 is 11.3 Å². The maximum Gasteiger partial charge on any atom is 0.0341 e. The molecule has 0 N–H and O–H groups in total. The van der Waals surface area contributed by atoms with E-state index in [0.717, 1.165) is 5.57 Å². The van der Waals surface area contributed by atoms with E-state index in [9.17, 15) is 0 Å². The molecule has 0 spiro atoms. The molecule has 0 bridgehead atoms. The average Bonchev–Trinajstić information content (AvgIpc) is 2.36. The Morgan fingerprint density at radius 2 is 2.36 bits per heavy atom. The monoisotopic (exact) mass is 164 g/mol. The lowest BCUT2D eigenvalue weighted by molar-refractivity contribution is 1.65. The van der Waals surface area contributed by atoms with Gasteiger partial charge in [-0.2, -0.15) is 0 Å². The molecular formula is C10H12S. The summed E-state index contributed by atoms with van der Waals surface area (Å²) in [5.74, 6) is 0. The lowest BCUT2D eigenvalue weighted by atomic mass is 10.1. The van der Waals surface area contributed by atoms with E-state index in [1.165, 1.54) is 10.4 Å². The normalized spacial score (nSPS) is 10.7. The lowest BCUT2D eigenvalue weighted by Gasteiger charge is -1.95. The Morgan fingerprint density at radius 3 is 2.91 bits per heavy atom. The third-order valence-corrected chi connectivity index (χ3v) is 2.36. The molecule has 0 aliphatic rings. The van der Waals surface area contributed by atoms with Crippen LogP contribution < -0.4 is 0 Å². The minimum Gasteiger partial charge on any atom is -0.144 e. The first-order chi connectivity index (χ1) is 5.25. The lowest BCUT2D eigenvalue weighted by Crippen LogP contribution is -1.74. The second-order valence-electron chi connectivity index (χ2n) is 2.48. The molecule has 0 aromatic carbocycles. The molecule has 1 heterocycles. The maximum absolute atomic E-state index is 3.91. The highest BCUT2D eigenvalue weighted by atomic mass is 32.1. The molecule has 58 valence electrons. The van der Waals surface area contributed by atoms with E-state index in [1.807, 2.05) is 13.8 Å². The van der Waals surface area contributed by atoms with Crippen LogP contribution in [0.25, 0.3) is 11.6 Å². The van der Waals surface area contributed by atoms with Crippen LogP contribution in [0.2, 0.25) is 0 Å². The van der Waals surface area contributed by atoms with Crippen LogP contribution in [-0.2, 0) is 0 Å². The summed E-state index contributed by atoms with van der Waals surface area (Å²) in [6.07, 6.45) is 4.17. The Bertz CT molecular complexity index is 279. The molecule has 0 fully saturated rings. The summed E-state index contributed by atoms with van der Waals surface area (Å²) in [6.45, 7) is 7.98. The summed E-state index contributed by atoms with van der Waals surface area (Å²) in [5.41, 5.74) is 2.41. The fraction of sp³-hybridized carbons (Fsp3) is 0.200. The van der Waals surface area contributed by atoms with Gasteiger partial charge >= 0.3 is 0 Å². The van der Waals surface area contributed by atoms with E-state index in [2.05, 4.69) is 30.2 Å². The third-order valence-electron chi connectivity index (χ3n) is 1.47. The Kier molecular flexibility index (Phi) is 2.66. The molecule has 1 rings (SSSR count). The molecule has 0 aliphatic heterocycles. The molecule has 11 heavy (non-hydrogen) atoms. The van der Waals surface area contributed by atoms with Crippen LogP contribution in [0, 0.1) is 0 Å². The van der Waals surface area contributed by atoms with Crippen LogP contribution in [0.4, 0.5) is 0 Å². The van der Waals surface area contributed by atoms with Gasteiger partial charge in [-0.3, -0.25) is 0 Å². The predicted octanol–water partition coefficient (Wildman–Crippen LogP) is 3.81. The van der Waals surface area contributed by atoms with Crippen LogP contribution in [0.5, 0.6) is 0 Å². The number of hydrogen-bond donors (Lipinski definition) is 0. The number of hydrogen-bond acceptors (Lipinski definition) is 1. The Morgan fingerprint density at radius 1 is 1.64 bits per heavy atom. The molecular weight excluding hydrogens is 152 g/mol. The SMILES string of the molecule is C=C(C)c1ccsc1/C=C\C. The summed E-state index contributed by atoms with van der Waals surface area (Å²) >= 11 is 1.75. The van der Waals surface area contributed by atoms with Crippen molar-refractivity contribution < 1.29 is 0 Å². The zero-order chi connectivity index (χ0) is 8.27. The van der Waals surface area contributed by atoms with E-state index < -0.39 is 0 Å². The average molecular weight is 164 g/mol. The zero-order valence-electron chi connectivity index (χ0n) is 6.92. The van der Waals surface area contributed by atoms with E-state index >= 15 is 0 Å². The molecule has 0 atom stereocenters. The maximum atomic E-state index is 3.91. The molecule has 0 unspecified atom stereocenters. The second kappa shape index (κ2) is 3.54. The van der Waals surface area contributed by atoms with Gasteiger partial charge in [-0.1, -0.05) is 12.7 Å². The van der Waals surface area contributed by atoms with Crippen molar-refractivity contribution in [1.82, 2.24) is 0 Å². The quantitative estimate of drug-likeness (QED) is 0.623. The standard InChI is InChI=1S/C10H12S/c1-4-5-10-9(8(2)3)6-7-11-10/h4-7H,2H2,1,3H3/b5-4-. The van der Waals surface area contributed by atoms with Gasteiger partial charge in [0.1, 0.15) is 0 Å². The van der Waals surface area contributed by atoms with Crippen molar-refractivity contribution in [3.63, 3.8) is 0 Å². The minimum atomic E-state index is 1.14. The van der Waals surface area contributed by atoms with E-state index in [-0.39, 0.29) is 0 Å². The highest BCUT2D eigenvalue weighted by Gasteiger charge is 1.99. The smallest absolute Gasteiger partial charge is 0.0341 e. The van der Waals surface area contributed by atoms with Gasteiger partial charge in [0.15, 0.2) is 0 Å². The van der Waals surface area contributed by atoms with Crippen molar-refractivity contribution in [2.24, 2.45) is 0 Å². The first-order valence-electron chi connectivity index (χ1n) is 3.61. The summed E-state index contributed by atoms with van der Waals surface area (Å²) in [7, 11) is 0. The van der Waals surface area contributed by atoms with Crippen molar-refractivity contribution in [2.45, 2.75) is 13.8 Å². The molecule has 1 heteroatoms. The van der Waals surface area contributed by atoms with E-state index in [1.54, 1.807) is 11.3 Å². The van der Waals surface area contributed by atoms with Gasteiger partial charge in [-0.25, -0.2) is 0 Å². The van der Waals surface area contributed by atoms with Gasteiger partial charge in [-0.05, 0) is 42.5 Å². The van der Waals surface area contributed by atoms with Gasteiger partial charge in [0, 0.05) is 4.88 Å². The Hall–Kier alpha value is -0.820. The van der Waals surface area contributed by atoms with Crippen molar-refractivity contribution in [1.29, 1.82) is 0 Å². The fourth-order valence-corrected chi connectivity index (χ4v) is 1.89. The third kappa shape index (κ3) is 1.81. The van der Waals surface area contributed by atoms with Gasteiger partial charge in [0.05, 0.1) is 0 Å². The molecule has 0 nitrogen and oxygen atoms in total. The predicted molar refractivity (Wildman–Crippen MR) is 53.7 cm³/mol. The van der Waals surface area contributed by atoms with Crippen LogP contribution in [0.1, 0.15) is 24.3 Å². The van der Waals surface area contributed by atoms with Gasteiger partial charge < -0.3 is 0 Å². The topological polar surface area (TPSA) is 0 Å². The number of thiophene rings is 1. The molecule has 0 amide bonds. The van der Waals surface area contributed by atoms with E-state index in [0.29, 0.717) is 0 Å². The summed E-state index contributed by atoms with van der Waals surface area (Å²) in [5, 5.41) is 2.10. The van der Waals surface area contributed by atoms with Crippen LogP contribution in [0.3, 0.4) is 0 Å². The van der Waals surface area contributed by atoms with Gasteiger partial charge in [0.2, 0.25) is 0 Å². The van der Waals surface area contributed by atoms with E-state index in [4.69, 9.17) is 0 Å². The summed E-state index contributed by atoms with van der Waals surface area (Å²) in [4.78, 5) is 1.31. The van der Waals surface area contributed by atoms with Crippen molar-refractivity contribution >= 4 is 23.0 Å².